The number of para-hydroxylation sites is 4. The number of aromatic nitrogens is 3. The zero-order valence-corrected chi connectivity index (χ0v) is 41.0. The van der Waals surface area contributed by atoms with Crippen molar-refractivity contribution in [2.45, 2.75) is 73.8 Å². The van der Waals surface area contributed by atoms with Crippen molar-refractivity contribution >= 4 is 111 Å². The maximum absolute atomic E-state index is 14.5. The zero-order chi connectivity index (χ0) is 46.5. The second-order valence-corrected chi connectivity index (χ2v) is 21.5. The average molecular weight is 925 g/mol. The van der Waals surface area contributed by atoms with Crippen LogP contribution in [0.25, 0.3) is 87.9 Å². The fraction of sp³-hybridized carbons (Fsp3) is 0.200. The van der Waals surface area contributed by atoms with Crippen LogP contribution >= 0.6 is 22.7 Å². The number of aryl methyl sites for hydroxylation is 5. The molecule has 0 fully saturated rings. The smallest absolute Gasteiger partial charge is 0.262 e. The molecule has 0 saturated heterocycles. The number of fused-ring (bicyclic) bond motifs is 9. The van der Waals surface area contributed by atoms with Gasteiger partial charge in [-0.05, 0) is 126 Å². The Bertz CT molecular complexity index is 3590. The molecule has 0 spiro atoms. The number of amides is 2. The standard InChI is InChI=1S/C60H52N4O2S2/c1-35-37(3)67-39(5)55(35)57-58(56-36(2)38(4)68-40(56)6)60(66)62(59(57)65)32-18-8-7-17-31-61-49-29-27-41(63-51-23-13-9-19-43(51)44-20-10-14-24-52(44)63)33-47(49)48-34-42(28-30-50(48)61)64-53-25-15-11-21-45(53)46-22-12-16-26-54(46)64/h9-16,19-30,33-34H,7-8,17-18,31-32H2,1-6H3. The number of rotatable bonds is 11. The minimum Gasteiger partial charge on any atom is -0.340 e. The van der Waals surface area contributed by atoms with Crippen molar-refractivity contribution in [1.82, 2.24) is 18.6 Å². The van der Waals surface area contributed by atoms with E-state index >= 15 is 0 Å². The molecule has 8 heteroatoms. The van der Waals surface area contributed by atoms with Crippen LogP contribution in [0.1, 0.15) is 67.4 Å². The third kappa shape index (κ3) is 6.41. The molecule has 0 aliphatic carbocycles. The zero-order valence-electron chi connectivity index (χ0n) is 39.4. The molecule has 1 aliphatic heterocycles. The van der Waals surface area contributed by atoms with Crippen molar-refractivity contribution in [1.29, 1.82) is 0 Å². The van der Waals surface area contributed by atoms with Gasteiger partial charge < -0.3 is 13.7 Å². The van der Waals surface area contributed by atoms with Gasteiger partial charge in [0.2, 0.25) is 0 Å². The molecule has 12 rings (SSSR count). The van der Waals surface area contributed by atoms with Crippen molar-refractivity contribution in [3.63, 3.8) is 0 Å². The molecule has 11 aromatic rings. The molecule has 2 amide bonds. The fourth-order valence-corrected chi connectivity index (χ4v) is 13.6. The van der Waals surface area contributed by atoms with Crippen LogP contribution in [0, 0.1) is 41.5 Å². The lowest BCUT2D eigenvalue weighted by Crippen LogP contribution is -2.32. The van der Waals surface area contributed by atoms with E-state index in [1.165, 1.54) is 75.2 Å². The van der Waals surface area contributed by atoms with E-state index in [1.54, 1.807) is 27.6 Å². The predicted octanol–water partition coefficient (Wildman–Crippen LogP) is 15.5. The molecule has 6 nitrogen and oxygen atoms in total. The summed E-state index contributed by atoms with van der Waals surface area (Å²) in [4.78, 5) is 35.0. The van der Waals surface area contributed by atoms with E-state index in [0.29, 0.717) is 17.7 Å². The van der Waals surface area contributed by atoms with E-state index in [-0.39, 0.29) is 11.8 Å². The van der Waals surface area contributed by atoms with Gasteiger partial charge in [-0.1, -0.05) is 85.6 Å². The SMILES string of the molecule is Cc1sc(C)c(C2=C(c3c(C)sc(C)c3C)C(=O)N(CCCCCCn3c4ccc(-n5c6ccccc6c6ccccc65)cc4c4cc(-n5c6ccccc6c6ccccc65)ccc43)C2=O)c1C. The molecule has 0 bridgehead atoms. The Morgan fingerprint density at radius 2 is 0.750 bits per heavy atom. The number of carbonyl (C=O) groups is 2. The highest BCUT2D eigenvalue weighted by molar-refractivity contribution is 7.12. The van der Waals surface area contributed by atoms with Crippen LogP contribution in [-0.2, 0) is 16.1 Å². The highest BCUT2D eigenvalue weighted by Gasteiger charge is 2.42. The predicted molar refractivity (Wildman–Crippen MR) is 287 cm³/mol. The molecule has 6 heterocycles. The van der Waals surface area contributed by atoms with Crippen molar-refractivity contribution < 1.29 is 9.59 Å². The van der Waals surface area contributed by atoms with E-state index in [9.17, 15) is 9.59 Å². The minimum atomic E-state index is -0.150. The number of nitrogens with zero attached hydrogens (tertiary/aromatic N) is 4. The molecular formula is C60H52N4O2S2. The fourth-order valence-electron chi connectivity index (χ4n) is 11.5. The van der Waals surface area contributed by atoms with Crippen LogP contribution in [0.2, 0.25) is 0 Å². The molecule has 1 aliphatic rings. The minimum absolute atomic E-state index is 0.150. The normalized spacial score (nSPS) is 13.5. The van der Waals surface area contributed by atoms with Gasteiger partial charge in [-0.25, -0.2) is 0 Å². The molecule has 0 N–H and O–H groups in total. The van der Waals surface area contributed by atoms with Crippen LogP contribution < -0.4 is 0 Å². The van der Waals surface area contributed by atoms with Crippen molar-refractivity contribution in [2.24, 2.45) is 0 Å². The Kier molecular flexibility index (Phi) is 10.2. The van der Waals surface area contributed by atoms with Crippen LogP contribution in [0.15, 0.2) is 133 Å². The van der Waals surface area contributed by atoms with Crippen molar-refractivity contribution in [3.05, 3.63) is 175 Å². The second-order valence-electron chi connectivity index (χ2n) is 18.6. The second kappa shape index (κ2) is 16.4. The molecule has 6 aromatic carbocycles. The van der Waals surface area contributed by atoms with Gasteiger partial charge in [-0.2, -0.15) is 0 Å². The number of hydrogen-bond acceptors (Lipinski definition) is 4. The van der Waals surface area contributed by atoms with Crippen LogP contribution in [-0.4, -0.2) is 37.0 Å². The third-order valence-electron chi connectivity index (χ3n) is 14.8. The largest absolute Gasteiger partial charge is 0.340 e. The molecule has 68 heavy (non-hydrogen) atoms. The maximum Gasteiger partial charge on any atom is 0.262 e. The first kappa shape index (κ1) is 42.4. The highest BCUT2D eigenvalue weighted by Crippen LogP contribution is 2.45. The average Bonchev–Trinajstić information content (AvgIpc) is 4.14. The summed E-state index contributed by atoms with van der Waals surface area (Å²) in [7, 11) is 0. The Morgan fingerprint density at radius 3 is 1.12 bits per heavy atom. The summed E-state index contributed by atoms with van der Waals surface area (Å²) in [5.74, 6) is -0.301. The van der Waals surface area contributed by atoms with E-state index < -0.39 is 0 Å². The molecule has 0 atom stereocenters. The summed E-state index contributed by atoms with van der Waals surface area (Å²) in [6, 6.07) is 48.8. The number of benzene rings is 6. The van der Waals surface area contributed by atoms with Gasteiger partial charge in [0.1, 0.15) is 0 Å². The van der Waals surface area contributed by atoms with E-state index in [1.807, 2.05) is 0 Å². The number of hydrogen-bond donors (Lipinski definition) is 0. The summed E-state index contributed by atoms with van der Waals surface area (Å²) in [5, 5.41) is 7.45. The van der Waals surface area contributed by atoms with E-state index in [4.69, 9.17) is 0 Å². The monoisotopic (exact) mass is 924 g/mol. The third-order valence-corrected chi connectivity index (χ3v) is 17.1. The molecule has 5 aromatic heterocycles. The number of unbranched alkanes of at least 4 members (excludes halogenated alkanes) is 3. The lowest BCUT2D eigenvalue weighted by molar-refractivity contribution is -0.136. The summed E-state index contributed by atoms with van der Waals surface area (Å²) >= 11 is 3.42. The summed E-state index contributed by atoms with van der Waals surface area (Å²) < 4.78 is 7.33. The first-order valence-corrected chi connectivity index (χ1v) is 25.5. The topological polar surface area (TPSA) is 52.2 Å². The van der Waals surface area contributed by atoms with Crippen LogP contribution in [0.4, 0.5) is 0 Å². The maximum atomic E-state index is 14.5. The Hall–Kier alpha value is -7.00. The molecular weight excluding hydrogens is 873 g/mol. The van der Waals surface area contributed by atoms with Crippen molar-refractivity contribution in [2.75, 3.05) is 6.54 Å². The van der Waals surface area contributed by atoms with E-state index in [2.05, 4.69) is 189 Å². The first-order chi connectivity index (χ1) is 33.1. The highest BCUT2D eigenvalue weighted by atomic mass is 32.1. The van der Waals surface area contributed by atoms with Gasteiger partial charge in [0.05, 0.1) is 33.2 Å². The van der Waals surface area contributed by atoms with Gasteiger partial charge in [0.15, 0.2) is 0 Å². The quantitative estimate of drug-likeness (QED) is 0.0959. The Morgan fingerprint density at radius 1 is 0.382 bits per heavy atom. The van der Waals surface area contributed by atoms with Gasteiger partial charge in [-0.3, -0.25) is 14.5 Å². The lowest BCUT2D eigenvalue weighted by Gasteiger charge is -2.15. The first-order valence-electron chi connectivity index (χ1n) is 23.9. The molecule has 0 unspecified atom stereocenters. The van der Waals surface area contributed by atoms with Crippen LogP contribution in [0.3, 0.4) is 0 Å². The van der Waals surface area contributed by atoms with Gasteiger partial charge in [0, 0.05) is 98.5 Å². The van der Waals surface area contributed by atoms with Gasteiger partial charge in [-0.15, -0.1) is 22.7 Å². The van der Waals surface area contributed by atoms with Gasteiger partial charge >= 0.3 is 0 Å². The number of thiophene rings is 2. The Balaban J connectivity index is 0.865. The van der Waals surface area contributed by atoms with Crippen LogP contribution in [0.5, 0.6) is 0 Å². The summed E-state index contributed by atoms with van der Waals surface area (Å²) in [6.07, 6.45) is 3.63. The molecule has 0 saturated carbocycles. The number of carbonyl (C=O) groups excluding carboxylic acids is 2. The molecule has 336 valence electrons. The van der Waals surface area contributed by atoms with Gasteiger partial charge in [0.25, 0.3) is 11.8 Å². The molecule has 0 radical (unpaired) electrons. The van der Waals surface area contributed by atoms with E-state index in [0.717, 1.165) is 75.6 Å². The lowest BCUT2D eigenvalue weighted by atomic mass is 9.92. The summed E-state index contributed by atoms with van der Waals surface area (Å²) in [5.41, 5.74) is 14.8. The van der Waals surface area contributed by atoms with Crippen molar-refractivity contribution in [3.8, 4) is 11.4 Å². The summed E-state index contributed by atoms with van der Waals surface area (Å²) in [6.45, 7) is 13.8. The Labute approximate surface area is 404 Å². The number of imide groups is 1.